The number of carbonyl (C=O) groups is 1. The van der Waals surface area contributed by atoms with Crippen molar-refractivity contribution in [3.8, 4) is 5.69 Å². The van der Waals surface area contributed by atoms with Gasteiger partial charge in [0.1, 0.15) is 12.7 Å². The Morgan fingerprint density at radius 2 is 1.91 bits per heavy atom. The molecule has 0 aliphatic heterocycles. The van der Waals surface area contributed by atoms with E-state index < -0.39 is 0 Å². The van der Waals surface area contributed by atoms with E-state index in [0.717, 1.165) is 24.1 Å². The number of hydrogen-bond acceptors (Lipinski definition) is 3. The standard InChI is InChI=1S/C17H22N4O/c1-12(2)13(3)21(16-8-9-16)17(22)14-4-6-15(7-5-14)20-11-18-10-19-20/h4-7,10-13,16H,8-9H2,1-3H3/t13-/m1/s1. The van der Waals surface area contributed by atoms with Crippen molar-refractivity contribution < 1.29 is 4.79 Å². The van der Waals surface area contributed by atoms with Crippen LogP contribution in [0.2, 0.25) is 0 Å². The lowest BCUT2D eigenvalue weighted by Crippen LogP contribution is -2.43. The largest absolute Gasteiger partial charge is 0.333 e. The summed E-state index contributed by atoms with van der Waals surface area (Å²) in [4.78, 5) is 18.9. The first kappa shape index (κ1) is 14.8. The molecule has 0 unspecified atom stereocenters. The van der Waals surface area contributed by atoms with E-state index in [1.54, 1.807) is 11.0 Å². The maximum Gasteiger partial charge on any atom is 0.254 e. The second-order valence-corrected chi connectivity index (χ2v) is 6.32. The predicted molar refractivity (Wildman–Crippen MR) is 84.9 cm³/mol. The summed E-state index contributed by atoms with van der Waals surface area (Å²) in [5, 5.41) is 4.10. The molecule has 1 saturated carbocycles. The Hall–Kier alpha value is -2.17. The maximum absolute atomic E-state index is 12.9. The zero-order chi connectivity index (χ0) is 15.7. The zero-order valence-corrected chi connectivity index (χ0v) is 13.3. The fourth-order valence-electron chi connectivity index (χ4n) is 2.60. The van der Waals surface area contributed by atoms with Gasteiger partial charge in [-0.1, -0.05) is 13.8 Å². The minimum absolute atomic E-state index is 0.133. The molecular weight excluding hydrogens is 276 g/mol. The lowest BCUT2D eigenvalue weighted by molar-refractivity contribution is 0.0628. The highest BCUT2D eigenvalue weighted by atomic mass is 16.2. The van der Waals surface area contributed by atoms with Gasteiger partial charge in [-0.05, 0) is 49.9 Å². The Kier molecular flexibility index (Phi) is 3.96. The lowest BCUT2D eigenvalue weighted by Gasteiger charge is -2.32. The number of hydrogen-bond donors (Lipinski definition) is 0. The molecule has 1 aromatic heterocycles. The van der Waals surface area contributed by atoms with Crippen LogP contribution in [-0.2, 0) is 0 Å². The summed E-state index contributed by atoms with van der Waals surface area (Å²) < 4.78 is 1.68. The number of rotatable bonds is 5. The molecule has 0 bridgehead atoms. The quantitative estimate of drug-likeness (QED) is 0.853. The van der Waals surface area contributed by atoms with Crippen LogP contribution < -0.4 is 0 Å². The van der Waals surface area contributed by atoms with E-state index in [1.807, 2.05) is 24.3 Å². The summed E-state index contributed by atoms with van der Waals surface area (Å²) in [6.45, 7) is 6.48. The van der Waals surface area contributed by atoms with Gasteiger partial charge in [0.05, 0.1) is 5.69 Å². The van der Waals surface area contributed by atoms with E-state index in [0.29, 0.717) is 12.0 Å². The first-order valence-corrected chi connectivity index (χ1v) is 7.85. The predicted octanol–water partition coefficient (Wildman–Crippen LogP) is 2.92. The molecule has 0 radical (unpaired) electrons. The monoisotopic (exact) mass is 298 g/mol. The molecule has 1 aromatic carbocycles. The molecule has 5 nitrogen and oxygen atoms in total. The van der Waals surface area contributed by atoms with E-state index >= 15 is 0 Å². The van der Waals surface area contributed by atoms with Gasteiger partial charge in [-0.2, -0.15) is 5.10 Å². The van der Waals surface area contributed by atoms with Gasteiger partial charge in [0.15, 0.2) is 0 Å². The molecule has 5 heteroatoms. The molecule has 22 heavy (non-hydrogen) atoms. The van der Waals surface area contributed by atoms with E-state index in [1.165, 1.54) is 6.33 Å². The van der Waals surface area contributed by atoms with E-state index in [-0.39, 0.29) is 11.9 Å². The highest BCUT2D eigenvalue weighted by molar-refractivity contribution is 5.95. The average molecular weight is 298 g/mol. The van der Waals surface area contributed by atoms with Gasteiger partial charge in [0.25, 0.3) is 5.91 Å². The van der Waals surface area contributed by atoms with Crippen molar-refractivity contribution in [2.45, 2.75) is 45.7 Å². The van der Waals surface area contributed by atoms with Gasteiger partial charge >= 0.3 is 0 Å². The SMILES string of the molecule is CC(C)[C@@H](C)N(C(=O)c1ccc(-n2cncn2)cc1)C1CC1. The molecular formula is C17H22N4O. The first-order valence-electron chi connectivity index (χ1n) is 7.85. The van der Waals surface area contributed by atoms with Crippen LogP contribution in [0.25, 0.3) is 5.69 Å². The van der Waals surface area contributed by atoms with Gasteiger partial charge in [0, 0.05) is 17.6 Å². The van der Waals surface area contributed by atoms with Crippen LogP contribution in [0.4, 0.5) is 0 Å². The molecule has 0 spiro atoms. The highest BCUT2D eigenvalue weighted by Crippen LogP contribution is 2.32. The summed E-state index contributed by atoms with van der Waals surface area (Å²) >= 11 is 0. The van der Waals surface area contributed by atoms with Crippen LogP contribution in [0.5, 0.6) is 0 Å². The Morgan fingerprint density at radius 1 is 1.23 bits per heavy atom. The number of amides is 1. The summed E-state index contributed by atoms with van der Waals surface area (Å²) in [5.41, 5.74) is 1.65. The molecule has 1 aliphatic carbocycles. The molecule has 1 fully saturated rings. The number of aromatic nitrogens is 3. The van der Waals surface area contributed by atoms with Crippen molar-refractivity contribution >= 4 is 5.91 Å². The molecule has 116 valence electrons. The van der Waals surface area contributed by atoms with Gasteiger partial charge < -0.3 is 4.90 Å². The smallest absolute Gasteiger partial charge is 0.254 e. The third kappa shape index (κ3) is 2.89. The minimum atomic E-state index is 0.133. The van der Waals surface area contributed by atoms with Crippen LogP contribution in [0.1, 0.15) is 44.0 Å². The summed E-state index contributed by atoms with van der Waals surface area (Å²) in [7, 11) is 0. The maximum atomic E-state index is 12.9. The zero-order valence-electron chi connectivity index (χ0n) is 13.3. The normalized spacial score (nSPS) is 15.8. The van der Waals surface area contributed by atoms with Gasteiger partial charge in [0.2, 0.25) is 0 Å². The lowest BCUT2D eigenvalue weighted by atomic mass is 10.0. The molecule has 2 aromatic rings. The number of carbonyl (C=O) groups excluding carboxylic acids is 1. The van der Waals surface area contributed by atoms with Crippen molar-refractivity contribution in [3.63, 3.8) is 0 Å². The fraction of sp³-hybridized carbons (Fsp3) is 0.471. The van der Waals surface area contributed by atoms with Gasteiger partial charge in [-0.15, -0.1) is 0 Å². The van der Waals surface area contributed by atoms with Crippen molar-refractivity contribution in [1.29, 1.82) is 0 Å². The Bertz CT molecular complexity index is 629. The van der Waals surface area contributed by atoms with Crippen LogP contribution >= 0.6 is 0 Å². The summed E-state index contributed by atoms with van der Waals surface area (Å²) in [6, 6.07) is 8.25. The topological polar surface area (TPSA) is 51.0 Å². The second-order valence-electron chi connectivity index (χ2n) is 6.32. The average Bonchev–Trinajstić information content (AvgIpc) is 3.19. The summed E-state index contributed by atoms with van der Waals surface area (Å²) in [5.74, 6) is 0.591. The van der Waals surface area contributed by atoms with Crippen LogP contribution in [0.3, 0.4) is 0 Å². The Labute approximate surface area is 131 Å². The van der Waals surface area contributed by atoms with E-state index in [4.69, 9.17) is 0 Å². The molecule has 0 saturated heterocycles. The molecule has 3 rings (SSSR count). The molecule has 1 amide bonds. The Balaban J connectivity index is 1.81. The highest BCUT2D eigenvalue weighted by Gasteiger charge is 2.36. The number of benzene rings is 1. The van der Waals surface area contributed by atoms with Crippen LogP contribution in [0.15, 0.2) is 36.9 Å². The third-order valence-corrected chi connectivity index (χ3v) is 4.38. The van der Waals surface area contributed by atoms with Crippen molar-refractivity contribution in [3.05, 3.63) is 42.5 Å². The van der Waals surface area contributed by atoms with Crippen molar-refractivity contribution in [1.82, 2.24) is 19.7 Å². The van der Waals surface area contributed by atoms with Gasteiger partial charge in [-0.25, -0.2) is 9.67 Å². The molecule has 1 heterocycles. The van der Waals surface area contributed by atoms with E-state index in [9.17, 15) is 4.79 Å². The van der Waals surface area contributed by atoms with Crippen molar-refractivity contribution in [2.24, 2.45) is 5.92 Å². The molecule has 1 aliphatic rings. The molecule has 1 atom stereocenters. The number of nitrogens with zero attached hydrogens (tertiary/aromatic N) is 4. The van der Waals surface area contributed by atoms with Gasteiger partial charge in [-0.3, -0.25) is 4.79 Å². The van der Waals surface area contributed by atoms with Crippen LogP contribution in [0, 0.1) is 5.92 Å². The van der Waals surface area contributed by atoms with Crippen LogP contribution in [-0.4, -0.2) is 37.7 Å². The first-order chi connectivity index (χ1) is 10.6. The molecule has 0 N–H and O–H groups in total. The van der Waals surface area contributed by atoms with Crippen molar-refractivity contribution in [2.75, 3.05) is 0 Å². The summed E-state index contributed by atoms with van der Waals surface area (Å²) in [6.07, 6.45) is 5.39. The third-order valence-electron chi connectivity index (χ3n) is 4.38. The van der Waals surface area contributed by atoms with E-state index in [2.05, 4.69) is 35.8 Å². The fourth-order valence-corrected chi connectivity index (χ4v) is 2.60. The second kappa shape index (κ2) is 5.91. The Morgan fingerprint density at radius 3 is 2.41 bits per heavy atom. The minimum Gasteiger partial charge on any atom is -0.333 e.